The van der Waals surface area contributed by atoms with Crippen molar-refractivity contribution in [3.8, 4) is 0 Å². The van der Waals surface area contributed by atoms with Gasteiger partial charge in [0.15, 0.2) is 6.10 Å². The van der Waals surface area contributed by atoms with Gasteiger partial charge in [-0.25, -0.2) is 4.79 Å². The van der Waals surface area contributed by atoms with Crippen LogP contribution < -0.4 is 5.32 Å². The SMILES string of the molecule is Cc1cccc(NC(=O)[C@H](C)OC(=O)c2ccccc2I)c1. The van der Waals surface area contributed by atoms with Gasteiger partial charge in [-0.3, -0.25) is 4.79 Å². The number of halogens is 1. The van der Waals surface area contributed by atoms with E-state index in [-0.39, 0.29) is 5.91 Å². The van der Waals surface area contributed by atoms with Crippen LogP contribution in [0.2, 0.25) is 0 Å². The van der Waals surface area contributed by atoms with Crippen LogP contribution in [0.15, 0.2) is 48.5 Å². The summed E-state index contributed by atoms with van der Waals surface area (Å²) in [5, 5.41) is 2.74. The van der Waals surface area contributed by atoms with Crippen molar-refractivity contribution < 1.29 is 14.3 Å². The summed E-state index contributed by atoms with van der Waals surface area (Å²) in [6.45, 7) is 3.50. The number of carbonyl (C=O) groups is 2. The van der Waals surface area contributed by atoms with Crippen molar-refractivity contribution in [2.24, 2.45) is 0 Å². The van der Waals surface area contributed by atoms with E-state index >= 15 is 0 Å². The molecule has 0 unspecified atom stereocenters. The highest BCUT2D eigenvalue weighted by molar-refractivity contribution is 14.1. The average molecular weight is 409 g/mol. The number of ether oxygens (including phenoxy) is 1. The van der Waals surface area contributed by atoms with Gasteiger partial charge in [-0.05, 0) is 66.3 Å². The van der Waals surface area contributed by atoms with E-state index in [1.165, 1.54) is 0 Å². The lowest BCUT2D eigenvalue weighted by atomic mass is 10.2. The van der Waals surface area contributed by atoms with Gasteiger partial charge in [-0.1, -0.05) is 24.3 Å². The number of rotatable bonds is 4. The van der Waals surface area contributed by atoms with Gasteiger partial charge in [0.2, 0.25) is 0 Å². The van der Waals surface area contributed by atoms with Gasteiger partial charge in [0.1, 0.15) is 0 Å². The molecule has 1 N–H and O–H groups in total. The standard InChI is InChI=1S/C17H16INO3/c1-11-6-5-7-13(10-11)19-16(20)12(2)22-17(21)14-8-3-4-9-15(14)18/h3-10,12H,1-2H3,(H,19,20)/t12-/m0/s1. The molecule has 1 amide bonds. The minimum atomic E-state index is -0.871. The van der Waals surface area contributed by atoms with Crippen LogP contribution in [-0.2, 0) is 9.53 Å². The van der Waals surface area contributed by atoms with Gasteiger partial charge in [0.25, 0.3) is 5.91 Å². The molecule has 0 saturated carbocycles. The van der Waals surface area contributed by atoms with Crippen molar-refractivity contribution in [2.45, 2.75) is 20.0 Å². The molecule has 2 aromatic rings. The largest absolute Gasteiger partial charge is 0.449 e. The third kappa shape index (κ3) is 4.30. The third-order valence-electron chi connectivity index (χ3n) is 3.03. The number of hydrogen-bond donors (Lipinski definition) is 1. The number of esters is 1. The normalized spacial score (nSPS) is 11.6. The zero-order valence-electron chi connectivity index (χ0n) is 12.3. The Morgan fingerprint density at radius 3 is 2.55 bits per heavy atom. The molecule has 0 aliphatic heterocycles. The number of anilines is 1. The van der Waals surface area contributed by atoms with Crippen LogP contribution in [0.25, 0.3) is 0 Å². The first-order chi connectivity index (χ1) is 10.5. The average Bonchev–Trinajstić information content (AvgIpc) is 2.47. The number of hydrogen-bond acceptors (Lipinski definition) is 3. The fraction of sp³-hybridized carbons (Fsp3) is 0.176. The van der Waals surface area contributed by atoms with E-state index in [1.54, 1.807) is 25.1 Å². The van der Waals surface area contributed by atoms with Crippen LogP contribution in [-0.4, -0.2) is 18.0 Å². The van der Waals surface area contributed by atoms with Crippen molar-refractivity contribution in [1.82, 2.24) is 0 Å². The maximum Gasteiger partial charge on any atom is 0.339 e. The van der Waals surface area contributed by atoms with E-state index in [2.05, 4.69) is 27.9 Å². The van der Waals surface area contributed by atoms with Gasteiger partial charge in [-0.15, -0.1) is 0 Å². The monoisotopic (exact) mass is 409 g/mol. The van der Waals surface area contributed by atoms with Crippen LogP contribution in [0.3, 0.4) is 0 Å². The summed E-state index contributed by atoms with van der Waals surface area (Å²) in [5.74, 6) is -0.859. The molecule has 0 fully saturated rings. The van der Waals surface area contributed by atoms with Gasteiger partial charge in [-0.2, -0.15) is 0 Å². The van der Waals surface area contributed by atoms with E-state index < -0.39 is 12.1 Å². The molecule has 0 bridgehead atoms. The second kappa shape index (κ2) is 7.40. The number of aryl methyl sites for hydroxylation is 1. The van der Waals surface area contributed by atoms with E-state index in [0.29, 0.717) is 11.3 Å². The fourth-order valence-corrected chi connectivity index (χ4v) is 2.48. The molecule has 0 radical (unpaired) electrons. The van der Waals surface area contributed by atoms with Crippen LogP contribution in [0.5, 0.6) is 0 Å². The summed E-state index contributed by atoms with van der Waals surface area (Å²) in [7, 11) is 0. The van der Waals surface area contributed by atoms with Gasteiger partial charge in [0.05, 0.1) is 5.56 Å². The summed E-state index contributed by atoms with van der Waals surface area (Å²) in [4.78, 5) is 24.2. The van der Waals surface area contributed by atoms with E-state index in [4.69, 9.17) is 4.74 Å². The molecule has 2 rings (SSSR count). The molecular weight excluding hydrogens is 393 g/mol. The summed E-state index contributed by atoms with van der Waals surface area (Å²) < 4.78 is 6.01. The molecule has 1 atom stereocenters. The highest BCUT2D eigenvalue weighted by Gasteiger charge is 2.20. The van der Waals surface area contributed by atoms with Crippen LogP contribution in [0, 0.1) is 10.5 Å². The quantitative estimate of drug-likeness (QED) is 0.618. The van der Waals surface area contributed by atoms with Crippen molar-refractivity contribution >= 4 is 40.2 Å². The topological polar surface area (TPSA) is 55.4 Å². The lowest BCUT2D eigenvalue weighted by molar-refractivity contribution is -0.123. The first kappa shape index (κ1) is 16.5. The lowest BCUT2D eigenvalue weighted by Crippen LogP contribution is -2.30. The first-order valence-corrected chi connectivity index (χ1v) is 7.88. The highest BCUT2D eigenvalue weighted by Crippen LogP contribution is 2.14. The molecular formula is C17H16INO3. The molecule has 5 heteroatoms. The lowest BCUT2D eigenvalue weighted by Gasteiger charge is -2.14. The molecule has 0 aliphatic carbocycles. The first-order valence-electron chi connectivity index (χ1n) is 6.80. The summed E-state index contributed by atoms with van der Waals surface area (Å²) in [6, 6.07) is 14.5. The van der Waals surface area contributed by atoms with E-state index in [1.807, 2.05) is 37.3 Å². The van der Waals surface area contributed by atoms with Gasteiger partial charge < -0.3 is 10.1 Å². The van der Waals surface area contributed by atoms with E-state index in [0.717, 1.165) is 9.13 Å². The van der Waals surface area contributed by atoms with Gasteiger partial charge >= 0.3 is 5.97 Å². The Morgan fingerprint density at radius 2 is 1.86 bits per heavy atom. The van der Waals surface area contributed by atoms with E-state index in [9.17, 15) is 9.59 Å². The molecule has 0 spiro atoms. The Morgan fingerprint density at radius 1 is 1.14 bits per heavy atom. The Balaban J connectivity index is 1.99. The zero-order valence-corrected chi connectivity index (χ0v) is 14.5. The fourth-order valence-electron chi connectivity index (χ4n) is 1.87. The maximum atomic E-state index is 12.1. The minimum Gasteiger partial charge on any atom is -0.449 e. The minimum absolute atomic E-state index is 0.357. The third-order valence-corrected chi connectivity index (χ3v) is 3.97. The Kier molecular flexibility index (Phi) is 5.54. The van der Waals surface area contributed by atoms with Crippen LogP contribution in [0.1, 0.15) is 22.8 Å². The van der Waals surface area contributed by atoms with Crippen molar-refractivity contribution in [1.29, 1.82) is 0 Å². The van der Waals surface area contributed by atoms with Crippen molar-refractivity contribution in [3.63, 3.8) is 0 Å². The van der Waals surface area contributed by atoms with Gasteiger partial charge in [0, 0.05) is 9.26 Å². The van der Waals surface area contributed by atoms with Crippen molar-refractivity contribution in [2.75, 3.05) is 5.32 Å². The molecule has 0 heterocycles. The summed E-state index contributed by atoms with van der Waals surface area (Å²) in [5.41, 5.74) is 2.18. The van der Waals surface area contributed by atoms with Crippen LogP contribution in [0.4, 0.5) is 5.69 Å². The Labute approximate surface area is 143 Å². The number of nitrogens with one attached hydrogen (secondary N) is 1. The molecule has 0 aliphatic rings. The predicted octanol–water partition coefficient (Wildman–Crippen LogP) is 3.78. The second-order valence-electron chi connectivity index (χ2n) is 4.89. The predicted molar refractivity (Wildman–Crippen MR) is 93.8 cm³/mol. The summed E-state index contributed by atoms with van der Waals surface area (Å²) in [6.07, 6.45) is -0.871. The molecule has 114 valence electrons. The maximum absolute atomic E-state index is 12.1. The highest BCUT2D eigenvalue weighted by atomic mass is 127. The van der Waals surface area contributed by atoms with Crippen molar-refractivity contribution in [3.05, 3.63) is 63.2 Å². The Hall–Kier alpha value is -1.89. The molecule has 4 nitrogen and oxygen atoms in total. The second-order valence-corrected chi connectivity index (χ2v) is 6.05. The Bertz CT molecular complexity index is 700. The molecule has 22 heavy (non-hydrogen) atoms. The molecule has 0 saturated heterocycles. The zero-order chi connectivity index (χ0) is 16.1. The number of carbonyl (C=O) groups excluding carboxylic acids is 2. The number of benzene rings is 2. The van der Waals surface area contributed by atoms with Crippen LogP contribution >= 0.6 is 22.6 Å². The summed E-state index contributed by atoms with van der Waals surface area (Å²) >= 11 is 2.06. The molecule has 0 aromatic heterocycles. The number of amides is 1. The smallest absolute Gasteiger partial charge is 0.339 e. The molecule has 2 aromatic carbocycles.